The van der Waals surface area contributed by atoms with Gasteiger partial charge in [-0.05, 0) is 25.5 Å². The van der Waals surface area contributed by atoms with Crippen LogP contribution in [0.25, 0.3) is 0 Å². The molecule has 1 aromatic rings. The Bertz CT molecular complexity index is 357. The molecule has 3 nitrogen and oxygen atoms in total. The summed E-state index contributed by atoms with van der Waals surface area (Å²) in [4.78, 5) is 13.5. The van der Waals surface area contributed by atoms with E-state index in [0.717, 1.165) is 30.0 Å². The quantitative estimate of drug-likeness (QED) is 0.698. The number of carbonyl (C=O) groups is 1. The first-order valence-corrected chi connectivity index (χ1v) is 5.13. The minimum atomic E-state index is -0.281. The zero-order valence-electron chi connectivity index (χ0n) is 7.52. The lowest BCUT2D eigenvalue weighted by Gasteiger charge is -2.12. The number of rotatable bonds is 1. The maximum atomic E-state index is 11.2. The second kappa shape index (κ2) is 3.12. The molecule has 0 bridgehead atoms. The van der Waals surface area contributed by atoms with Crippen LogP contribution in [-0.2, 0) is 13.0 Å². The molecule has 1 aromatic heterocycles. The van der Waals surface area contributed by atoms with Gasteiger partial charge < -0.3 is 11.1 Å². The van der Waals surface area contributed by atoms with Crippen molar-refractivity contribution in [1.29, 1.82) is 0 Å². The molecule has 0 aromatic carbocycles. The fourth-order valence-electron chi connectivity index (χ4n) is 1.79. The van der Waals surface area contributed by atoms with Gasteiger partial charge in [-0.25, -0.2) is 0 Å². The van der Waals surface area contributed by atoms with Crippen LogP contribution in [0.3, 0.4) is 0 Å². The minimum absolute atomic E-state index is 0.281. The van der Waals surface area contributed by atoms with Crippen molar-refractivity contribution in [3.05, 3.63) is 20.9 Å². The van der Waals surface area contributed by atoms with Crippen LogP contribution in [0.15, 0.2) is 0 Å². The molecule has 0 atom stereocenters. The summed E-state index contributed by atoms with van der Waals surface area (Å²) in [5, 5.41) is 3.28. The maximum Gasteiger partial charge on any atom is 0.250 e. The summed E-state index contributed by atoms with van der Waals surface area (Å²) in [5.41, 5.74) is 7.27. The zero-order chi connectivity index (χ0) is 9.42. The lowest BCUT2D eigenvalue weighted by Crippen LogP contribution is -2.24. The lowest BCUT2D eigenvalue weighted by molar-refractivity contribution is 0.0999. The van der Waals surface area contributed by atoms with E-state index in [1.54, 1.807) is 11.3 Å². The van der Waals surface area contributed by atoms with Gasteiger partial charge in [-0.2, -0.15) is 0 Å². The van der Waals surface area contributed by atoms with Gasteiger partial charge in [0.05, 0.1) is 5.56 Å². The fraction of sp³-hybridized carbons (Fsp3) is 0.444. The molecule has 13 heavy (non-hydrogen) atoms. The van der Waals surface area contributed by atoms with E-state index in [1.165, 1.54) is 10.4 Å². The molecule has 0 saturated carbocycles. The summed E-state index contributed by atoms with van der Waals surface area (Å²) in [6.07, 6.45) is 0.929. The molecule has 1 aliphatic heterocycles. The van der Waals surface area contributed by atoms with Gasteiger partial charge in [0, 0.05) is 16.3 Å². The molecule has 1 amide bonds. The number of amides is 1. The zero-order valence-corrected chi connectivity index (χ0v) is 8.33. The van der Waals surface area contributed by atoms with Crippen LogP contribution in [-0.4, -0.2) is 12.5 Å². The van der Waals surface area contributed by atoms with Gasteiger partial charge in [-0.1, -0.05) is 0 Å². The average Bonchev–Trinajstić information content (AvgIpc) is 2.39. The van der Waals surface area contributed by atoms with E-state index < -0.39 is 0 Å². The van der Waals surface area contributed by atoms with Crippen molar-refractivity contribution in [2.45, 2.75) is 19.9 Å². The highest BCUT2D eigenvalue weighted by Crippen LogP contribution is 2.29. The monoisotopic (exact) mass is 196 g/mol. The second-order valence-electron chi connectivity index (χ2n) is 3.23. The number of hydrogen-bond acceptors (Lipinski definition) is 3. The fourth-order valence-corrected chi connectivity index (χ4v) is 2.99. The first-order valence-electron chi connectivity index (χ1n) is 4.32. The van der Waals surface area contributed by atoms with E-state index in [0.29, 0.717) is 0 Å². The van der Waals surface area contributed by atoms with Gasteiger partial charge in [-0.3, -0.25) is 4.79 Å². The number of nitrogens with one attached hydrogen (secondary N) is 1. The van der Waals surface area contributed by atoms with Crippen molar-refractivity contribution < 1.29 is 4.79 Å². The van der Waals surface area contributed by atoms with Gasteiger partial charge in [0.2, 0.25) is 5.91 Å². The Morgan fingerprint density at radius 3 is 3.08 bits per heavy atom. The third kappa shape index (κ3) is 1.36. The Hall–Kier alpha value is -0.870. The van der Waals surface area contributed by atoms with Crippen LogP contribution in [0, 0.1) is 6.92 Å². The van der Waals surface area contributed by atoms with Crippen LogP contribution in [0.1, 0.15) is 25.7 Å². The summed E-state index contributed by atoms with van der Waals surface area (Å²) >= 11 is 1.68. The number of aryl methyl sites for hydroxylation is 1. The molecule has 70 valence electrons. The Balaban J connectivity index is 2.54. The summed E-state index contributed by atoms with van der Waals surface area (Å²) in [5.74, 6) is -0.281. The highest BCUT2D eigenvalue weighted by molar-refractivity contribution is 7.12. The summed E-state index contributed by atoms with van der Waals surface area (Å²) < 4.78 is 0. The van der Waals surface area contributed by atoms with Crippen molar-refractivity contribution >= 4 is 17.2 Å². The summed E-state index contributed by atoms with van der Waals surface area (Å²) in [6, 6.07) is 0. The molecule has 0 saturated heterocycles. The third-order valence-corrected chi connectivity index (χ3v) is 3.50. The van der Waals surface area contributed by atoms with Gasteiger partial charge in [0.1, 0.15) is 0 Å². The topological polar surface area (TPSA) is 55.1 Å². The molecule has 0 fully saturated rings. The van der Waals surface area contributed by atoms with Crippen LogP contribution in [0.4, 0.5) is 0 Å². The van der Waals surface area contributed by atoms with Gasteiger partial charge in [0.15, 0.2) is 0 Å². The predicted octanol–water partition coefficient (Wildman–Crippen LogP) is 0.801. The Kier molecular flexibility index (Phi) is 2.09. The van der Waals surface area contributed by atoms with Crippen LogP contribution < -0.4 is 11.1 Å². The van der Waals surface area contributed by atoms with E-state index >= 15 is 0 Å². The molecule has 0 spiro atoms. The van der Waals surface area contributed by atoms with E-state index in [-0.39, 0.29) is 5.91 Å². The summed E-state index contributed by atoms with van der Waals surface area (Å²) in [7, 11) is 0. The average molecular weight is 196 g/mol. The van der Waals surface area contributed by atoms with Gasteiger partial charge in [-0.15, -0.1) is 11.3 Å². The first kappa shape index (κ1) is 8.72. The smallest absolute Gasteiger partial charge is 0.250 e. The molecule has 4 heteroatoms. The molecule has 1 aliphatic rings. The van der Waals surface area contributed by atoms with E-state index in [2.05, 4.69) is 5.32 Å². The van der Waals surface area contributed by atoms with Gasteiger partial charge in [0.25, 0.3) is 0 Å². The predicted molar refractivity (Wildman–Crippen MR) is 53.0 cm³/mol. The van der Waals surface area contributed by atoms with Crippen molar-refractivity contribution in [2.24, 2.45) is 5.73 Å². The highest BCUT2D eigenvalue weighted by atomic mass is 32.1. The number of carbonyl (C=O) groups excluding carboxylic acids is 1. The molecule has 2 rings (SSSR count). The van der Waals surface area contributed by atoms with Crippen LogP contribution in [0.5, 0.6) is 0 Å². The molecular formula is C9H12N2OS. The maximum absolute atomic E-state index is 11.2. The normalized spacial score (nSPS) is 15.5. The number of thiophene rings is 1. The van der Waals surface area contributed by atoms with Crippen molar-refractivity contribution in [1.82, 2.24) is 5.32 Å². The molecule has 0 aliphatic carbocycles. The van der Waals surface area contributed by atoms with Crippen LogP contribution in [0.2, 0.25) is 0 Å². The number of fused-ring (bicyclic) bond motifs is 1. The van der Waals surface area contributed by atoms with E-state index in [1.807, 2.05) is 6.92 Å². The highest BCUT2D eigenvalue weighted by Gasteiger charge is 2.21. The number of nitrogens with two attached hydrogens (primary N) is 1. The standard InChI is InChI=1S/C9H12N2OS/c1-5-8(9(10)12)6-2-3-11-4-7(6)13-5/h11H,2-4H2,1H3,(H2,10,12). The molecule has 3 N–H and O–H groups in total. The van der Waals surface area contributed by atoms with Crippen molar-refractivity contribution in [3.8, 4) is 0 Å². The minimum Gasteiger partial charge on any atom is -0.366 e. The molecule has 0 unspecified atom stereocenters. The largest absolute Gasteiger partial charge is 0.366 e. The van der Waals surface area contributed by atoms with Crippen molar-refractivity contribution in [2.75, 3.05) is 6.54 Å². The first-order chi connectivity index (χ1) is 6.20. The van der Waals surface area contributed by atoms with E-state index in [9.17, 15) is 4.79 Å². The lowest BCUT2D eigenvalue weighted by atomic mass is 10.0. The molecular weight excluding hydrogens is 184 g/mol. The third-order valence-electron chi connectivity index (χ3n) is 2.35. The molecule has 0 radical (unpaired) electrons. The van der Waals surface area contributed by atoms with E-state index in [4.69, 9.17) is 5.73 Å². The Morgan fingerprint density at radius 2 is 2.38 bits per heavy atom. The SMILES string of the molecule is Cc1sc2c(c1C(N)=O)CCNC2. The number of primary amides is 1. The van der Waals surface area contributed by atoms with Crippen molar-refractivity contribution in [3.63, 3.8) is 0 Å². The Morgan fingerprint density at radius 1 is 1.62 bits per heavy atom. The number of hydrogen-bond donors (Lipinski definition) is 2. The Labute approximate surface area is 80.9 Å². The second-order valence-corrected chi connectivity index (χ2v) is 4.54. The van der Waals surface area contributed by atoms with Crippen LogP contribution >= 0.6 is 11.3 Å². The molecule has 2 heterocycles. The summed E-state index contributed by atoms with van der Waals surface area (Å²) in [6.45, 7) is 3.79. The van der Waals surface area contributed by atoms with Gasteiger partial charge >= 0.3 is 0 Å².